The van der Waals surface area contributed by atoms with E-state index in [1.807, 2.05) is 0 Å². The van der Waals surface area contributed by atoms with Crippen LogP contribution in [0.3, 0.4) is 0 Å². The molecule has 4 heteroatoms. The van der Waals surface area contributed by atoms with E-state index in [0.29, 0.717) is 53.8 Å². The first-order valence-electron chi connectivity index (χ1n) is 12.7. The van der Waals surface area contributed by atoms with Crippen molar-refractivity contribution in [3.8, 4) is 0 Å². The number of esters is 1. The van der Waals surface area contributed by atoms with Gasteiger partial charge in [0.15, 0.2) is 0 Å². The van der Waals surface area contributed by atoms with E-state index >= 15 is 0 Å². The lowest BCUT2D eigenvalue weighted by molar-refractivity contribution is -0.191. The van der Waals surface area contributed by atoms with E-state index < -0.39 is 0 Å². The third-order valence-electron chi connectivity index (χ3n) is 10.4. The maximum atomic E-state index is 11.7. The van der Waals surface area contributed by atoms with Crippen molar-refractivity contribution in [3.63, 3.8) is 0 Å². The van der Waals surface area contributed by atoms with Gasteiger partial charge in [-0.3, -0.25) is 4.79 Å². The fourth-order valence-corrected chi connectivity index (χ4v) is 8.72. The van der Waals surface area contributed by atoms with Crippen LogP contribution in [0.4, 0.5) is 0 Å². The SMILES string of the molecule is COCO[C@H]1C[C@@H]2C=CCC[C@]2(C)[C@H]2CC[C@]3(C)[C@@H]([C@H](C)CCC(=O)OC)CC[C@H]3[C@H]12. The number of allylic oxidation sites excluding steroid dienone is 2. The molecule has 0 spiro atoms. The number of hydrogen-bond donors (Lipinski definition) is 0. The van der Waals surface area contributed by atoms with Crippen molar-refractivity contribution in [3.05, 3.63) is 12.2 Å². The number of methoxy groups -OCH3 is 2. The van der Waals surface area contributed by atoms with Crippen LogP contribution in [0.1, 0.15) is 78.6 Å². The van der Waals surface area contributed by atoms with Gasteiger partial charge in [-0.1, -0.05) is 32.9 Å². The van der Waals surface area contributed by atoms with Gasteiger partial charge in [-0.25, -0.2) is 0 Å². The van der Waals surface area contributed by atoms with Crippen LogP contribution in [0.15, 0.2) is 12.2 Å². The third-order valence-corrected chi connectivity index (χ3v) is 10.4. The molecule has 0 aromatic rings. The van der Waals surface area contributed by atoms with Gasteiger partial charge in [0.2, 0.25) is 0 Å². The monoisotopic (exact) mass is 432 g/mol. The Hall–Kier alpha value is -0.870. The van der Waals surface area contributed by atoms with E-state index in [1.54, 1.807) is 7.11 Å². The number of ether oxygens (including phenoxy) is 3. The minimum absolute atomic E-state index is 0.0695. The highest BCUT2D eigenvalue weighted by Gasteiger charge is 2.62. The van der Waals surface area contributed by atoms with Crippen molar-refractivity contribution in [1.29, 1.82) is 0 Å². The quantitative estimate of drug-likeness (QED) is 0.281. The van der Waals surface area contributed by atoms with Crippen LogP contribution in [0, 0.1) is 46.3 Å². The largest absolute Gasteiger partial charge is 0.469 e. The Morgan fingerprint density at radius 3 is 2.61 bits per heavy atom. The molecule has 9 atom stereocenters. The summed E-state index contributed by atoms with van der Waals surface area (Å²) in [5.74, 6) is 3.95. The average Bonchev–Trinajstić information content (AvgIpc) is 3.12. The minimum atomic E-state index is -0.0695. The Morgan fingerprint density at radius 2 is 1.87 bits per heavy atom. The van der Waals surface area contributed by atoms with Crippen LogP contribution in [0.5, 0.6) is 0 Å². The standard InChI is InChI=1S/C27H44O4/c1-18(9-12-24(28)30-5)20-10-11-21-25-22(13-15-27(20,21)3)26(2)14-7-6-8-19(26)16-23(25)31-17-29-4/h6,8,18-23,25H,7,9-17H2,1-5H3/t18-,19+,20-,21+,22+,23+,25+,26+,27-/m1/s1. The Balaban J connectivity index is 1.57. The summed E-state index contributed by atoms with van der Waals surface area (Å²) in [6.45, 7) is 7.93. The normalized spacial score (nSPS) is 44.8. The molecule has 3 saturated carbocycles. The highest BCUT2D eigenvalue weighted by atomic mass is 16.7. The first-order chi connectivity index (χ1) is 14.8. The molecule has 0 bridgehead atoms. The number of carbonyl (C=O) groups is 1. The molecule has 0 N–H and O–H groups in total. The number of fused-ring (bicyclic) bond motifs is 5. The van der Waals surface area contributed by atoms with Gasteiger partial charge in [0.1, 0.15) is 6.79 Å². The van der Waals surface area contributed by atoms with Crippen molar-refractivity contribution in [2.75, 3.05) is 21.0 Å². The summed E-state index contributed by atoms with van der Waals surface area (Å²) in [5.41, 5.74) is 0.779. The zero-order valence-electron chi connectivity index (χ0n) is 20.4. The molecule has 4 aliphatic carbocycles. The fraction of sp³-hybridized carbons (Fsp3) is 0.889. The molecule has 0 unspecified atom stereocenters. The molecule has 4 aliphatic rings. The Labute approximate surface area is 189 Å². The molecule has 0 radical (unpaired) electrons. The maximum absolute atomic E-state index is 11.7. The number of hydrogen-bond acceptors (Lipinski definition) is 4. The van der Waals surface area contributed by atoms with E-state index in [-0.39, 0.29) is 5.97 Å². The van der Waals surface area contributed by atoms with Crippen LogP contribution in [-0.2, 0) is 19.0 Å². The first kappa shape index (κ1) is 23.3. The van der Waals surface area contributed by atoms with Crippen LogP contribution >= 0.6 is 0 Å². The molecule has 0 amide bonds. The zero-order chi connectivity index (χ0) is 22.2. The first-order valence-corrected chi connectivity index (χ1v) is 12.7. The van der Waals surface area contributed by atoms with Crippen LogP contribution in [-0.4, -0.2) is 33.1 Å². The molecule has 0 heterocycles. The van der Waals surface area contributed by atoms with E-state index in [0.717, 1.165) is 24.7 Å². The summed E-state index contributed by atoms with van der Waals surface area (Å²) < 4.78 is 16.7. The molecule has 0 saturated heterocycles. The van der Waals surface area contributed by atoms with Gasteiger partial charge in [-0.2, -0.15) is 0 Å². The van der Waals surface area contributed by atoms with Gasteiger partial charge in [-0.15, -0.1) is 0 Å². The second kappa shape index (κ2) is 9.17. The summed E-state index contributed by atoms with van der Waals surface area (Å²) in [6, 6.07) is 0. The molecule has 0 aromatic carbocycles. The summed E-state index contributed by atoms with van der Waals surface area (Å²) in [4.78, 5) is 11.7. The molecule has 176 valence electrons. The predicted octanol–water partition coefficient (Wildman–Crippen LogP) is 6.00. The maximum Gasteiger partial charge on any atom is 0.305 e. The lowest BCUT2D eigenvalue weighted by atomic mass is 9.44. The summed E-state index contributed by atoms with van der Waals surface area (Å²) in [5, 5.41) is 0. The molecule has 31 heavy (non-hydrogen) atoms. The molecule has 4 rings (SSSR count). The lowest BCUT2D eigenvalue weighted by Crippen LogP contribution is -2.57. The van der Waals surface area contributed by atoms with Crippen molar-refractivity contribution >= 4 is 5.97 Å². The van der Waals surface area contributed by atoms with E-state index in [1.165, 1.54) is 45.6 Å². The van der Waals surface area contributed by atoms with Gasteiger partial charge >= 0.3 is 5.97 Å². The summed E-state index contributed by atoms with van der Waals surface area (Å²) in [7, 11) is 3.24. The Bertz CT molecular complexity index is 674. The second-order valence-corrected chi connectivity index (χ2v) is 11.5. The molecule has 0 aliphatic heterocycles. The zero-order valence-corrected chi connectivity index (χ0v) is 20.4. The predicted molar refractivity (Wildman–Crippen MR) is 122 cm³/mol. The van der Waals surface area contributed by atoms with E-state index in [4.69, 9.17) is 14.2 Å². The number of rotatable bonds is 7. The van der Waals surface area contributed by atoms with Gasteiger partial charge in [0, 0.05) is 13.5 Å². The minimum Gasteiger partial charge on any atom is -0.469 e. The summed E-state index contributed by atoms with van der Waals surface area (Å²) in [6.07, 6.45) is 15.7. The van der Waals surface area contributed by atoms with Crippen molar-refractivity contribution in [2.24, 2.45) is 46.3 Å². The Kier molecular flexibility index (Phi) is 6.89. The molecule has 3 fully saturated rings. The second-order valence-electron chi connectivity index (χ2n) is 11.5. The summed E-state index contributed by atoms with van der Waals surface area (Å²) >= 11 is 0. The van der Waals surface area contributed by atoms with Crippen molar-refractivity contribution < 1.29 is 19.0 Å². The van der Waals surface area contributed by atoms with Crippen molar-refractivity contribution in [2.45, 2.75) is 84.7 Å². The van der Waals surface area contributed by atoms with Gasteiger partial charge < -0.3 is 14.2 Å². The Morgan fingerprint density at radius 1 is 1.10 bits per heavy atom. The van der Waals surface area contributed by atoms with Crippen LogP contribution < -0.4 is 0 Å². The van der Waals surface area contributed by atoms with Gasteiger partial charge in [0.05, 0.1) is 13.2 Å². The van der Waals surface area contributed by atoms with E-state index in [9.17, 15) is 4.79 Å². The van der Waals surface area contributed by atoms with E-state index in [2.05, 4.69) is 32.9 Å². The van der Waals surface area contributed by atoms with Gasteiger partial charge in [0.25, 0.3) is 0 Å². The molecular weight excluding hydrogens is 388 g/mol. The number of carbonyl (C=O) groups excluding carboxylic acids is 1. The third kappa shape index (κ3) is 4.01. The highest BCUT2D eigenvalue weighted by Crippen LogP contribution is 2.68. The molecular formula is C27H44O4. The van der Waals surface area contributed by atoms with Crippen LogP contribution in [0.2, 0.25) is 0 Å². The average molecular weight is 433 g/mol. The van der Waals surface area contributed by atoms with Crippen LogP contribution in [0.25, 0.3) is 0 Å². The molecule has 4 nitrogen and oxygen atoms in total. The topological polar surface area (TPSA) is 44.8 Å². The smallest absolute Gasteiger partial charge is 0.305 e. The highest BCUT2D eigenvalue weighted by molar-refractivity contribution is 5.69. The molecule has 0 aromatic heterocycles. The lowest BCUT2D eigenvalue weighted by Gasteiger charge is -2.61. The van der Waals surface area contributed by atoms with Crippen molar-refractivity contribution in [1.82, 2.24) is 0 Å². The van der Waals surface area contributed by atoms with Gasteiger partial charge in [-0.05, 0) is 97.7 Å². The fourth-order valence-electron chi connectivity index (χ4n) is 8.72.